The summed E-state index contributed by atoms with van der Waals surface area (Å²) in [6.45, 7) is 0.649. The van der Waals surface area contributed by atoms with Crippen LogP contribution in [0.5, 0.6) is 0 Å². The van der Waals surface area contributed by atoms with Gasteiger partial charge < -0.3 is 10.4 Å². The summed E-state index contributed by atoms with van der Waals surface area (Å²) in [5, 5.41) is 21.2. The Bertz CT molecular complexity index is 797. The van der Waals surface area contributed by atoms with Crippen molar-refractivity contribution in [1.82, 2.24) is 15.5 Å². The predicted octanol–water partition coefficient (Wildman–Crippen LogP) is 2.82. The molecular formula is C19H19N3O. The van der Waals surface area contributed by atoms with E-state index in [1.165, 1.54) is 11.1 Å². The number of aromatic nitrogens is 2. The molecule has 1 aromatic heterocycles. The van der Waals surface area contributed by atoms with Gasteiger partial charge in [-0.3, -0.25) is 5.10 Å². The summed E-state index contributed by atoms with van der Waals surface area (Å²) in [5.74, 6) is 0. The Labute approximate surface area is 135 Å². The largest absolute Gasteiger partial charge is 0.391 e. The van der Waals surface area contributed by atoms with Gasteiger partial charge in [-0.25, -0.2) is 0 Å². The fraction of sp³-hybridized carbons (Fsp3) is 0.211. The third kappa shape index (κ3) is 2.79. The van der Waals surface area contributed by atoms with E-state index in [1.54, 1.807) is 0 Å². The van der Waals surface area contributed by atoms with E-state index in [2.05, 4.69) is 33.7 Å². The Kier molecular flexibility index (Phi) is 3.69. The lowest BCUT2D eigenvalue weighted by Gasteiger charge is -2.17. The Morgan fingerprint density at radius 1 is 1.09 bits per heavy atom. The first-order valence-corrected chi connectivity index (χ1v) is 7.90. The van der Waals surface area contributed by atoms with Gasteiger partial charge in [-0.1, -0.05) is 54.6 Å². The number of hydrogen-bond acceptors (Lipinski definition) is 3. The molecule has 0 amide bonds. The lowest BCUT2D eigenvalue weighted by atomic mass is 10.1. The predicted molar refractivity (Wildman–Crippen MR) is 89.8 cm³/mol. The fourth-order valence-electron chi connectivity index (χ4n) is 3.25. The van der Waals surface area contributed by atoms with Crippen molar-refractivity contribution in [2.24, 2.45) is 0 Å². The zero-order chi connectivity index (χ0) is 15.6. The van der Waals surface area contributed by atoms with E-state index < -0.39 is 0 Å². The molecule has 116 valence electrons. The van der Waals surface area contributed by atoms with E-state index in [1.807, 2.05) is 42.5 Å². The lowest BCUT2D eigenvalue weighted by molar-refractivity contribution is 0.140. The van der Waals surface area contributed by atoms with Crippen LogP contribution in [0.3, 0.4) is 0 Å². The number of fused-ring (bicyclic) bond motifs is 1. The molecule has 1 aliphatic carbocycles. The van der Waals surface area contributed by atoms with Gasteiger partial charge in [-0.2, -0.15) is 5.10 Å². The highest BCUT2D eigenvalue weighted by Gasteiger charge is 2.30. The van der Waals surface area contributed by atoms with Crippen molar-refractivity contribution >= 4 is 0 Å². The highest BCUT2D eigenvalue weighted by atomic mass is 16.3. The molecule has 0 saturated heterocycles. The number of hydrogen-bond donors (Lipinski definition) is 3. The molecule has 0 aliphatic heterocycles. The van der Waals surface area contributed by atoms with Crippen LogP contribution in [0.1, 0.15) is 22.9 Å². The number of nitrogens with one attached hydrogen (secondary N) is 2. The maximum absolute atomic E-state index is 10.3. The Morgan fingerprint density at radius 2 is 1.87 bits per heavy atom. The van der Waals surface area contributed by atoms with E-state index in [4.69, 9.17) is 0 Å². The van der Waals surface area contributed by atoms with Gasteiger partial charge in [0.1, 0.15) is 0 Å². The van der Waals surface area contributed by atoms with Gasteiger partial charge in [0, 0.05) is 24.2 Å². The number of rotatable bonds is 4. The smallest absolute Gasteiger partial charge is 0.0924 e. The first kappa shape index (κ1) is 14.2. The van der Waals surface area contributed by atoms with Gasteiger partial charge in [0.05, 0.1) is 17.8 Å². The number of benzene rings is 2. The summed E-state index contributed by atoms with van der Waals surface area (Å²) in [6, 6.07) is 20.4. The molecule has 4 nitrogen and oxygen atoms in total. The van der Waals surface area contributed by atoms with Crippen LogP contribution in [0.15, 0.2) is 60.7 Å². The summed E-state index contributed by atoms with van der Waals surface area (Å²) < 4.78 is 0. The second kappa shape index (κ2) is 5.99. The molecule has 0 unspecified atom stereocenters. The molecule has 1 aliphatic rings. The summed E-state index contributed by atoms with van der Waals surface area (Å²) in [5.41, 5.74) is 5.48. The quantitative estimate of drug-likeness (QED) is 0.694. The molecule has 2 atom stereocenters. The van der Waals surface area contributed by atoms with Crippen molar-refractivity contribution in [3.05, 3.63) is 77.5 Å². The molecule has 0 radical (unpaired) electrons. The molecule has 2 aromatic carbocycles. The van der Waals surface area contributed by atoms with Crippen LogP contribution in [0.2, 0.25) is 0 Å². The molecule has 4 rings (SSSR count). The Morgan fingerprint density at radius 3 is 2.74 bits per heavy atom. The Hall–Kier alpha value is -2.43. The molecule has 4 heteroatoms. The summed E-state index contributed by atoms with van der Waals surface area (Å²) in [6.07, 6.45) is 0.343. The zero-order valence-corrected chi connectivity index (χ0v) is 12.7. The lowest BCUT2D eigenvalue weighted by Crippen LogP contribution is -2.28. The van der Waals surface area contributed by atoms with Gasteiger partial charge in [-0.05, 0) is 17.2 Å². The van der Waals surface area contributed by atoms with Crippen molar-refractivity contribution in [3.63, 3.8) is 0 Å². The van der Waals surface area contributed by atoms with E-state index in [-0.39, 0.29) is 12.1 Å². The molecule has 1 heterocycles. The van der Waals surface area contributed by atoms with Crippen LogP contribution in [0.25, 0.3) is 11.3 Å². The zero-order valence-electron chi connectivity index (χ0n) is 12.7. The average Bonchev–Trinajstić information content (AvgIpc) is 3.18. The second-order valence-electron chi connectivity index (χ2n) is 5.97. The highest BCUT2D eigenvalue weighted by molar-refractivity contribution is 5.58. The molecular weight excluding hydrogens is 286 g/mol. The minimum absolute atomic E-state index is 0.0188. The monoisotopic (exact) mass is 305 g/mol. The first-order valence-electron chi connectivity index (χ1n) is 7.90. The van der Waals surface area contributed by atoms with Gasteiger partial charge in [-0.15, -0.1) is 0 Å². The fourth-order valence-corrected chi connectivity index (χ4v) is 3.25. The maximum Gasteiger partial charge on any atom is 0.0924 e. The summed E-state index contributed by atoms with van der Waals surface area (Å²) >= 11 is 0. The molecule has 3 N–H and O–H groups in total. The van der Waals surface area contributed by atoms with Gasteiger partial charge in [0.15, 0.2) is 0 Å². The maximum atomic E-state index is 10.3. The minimum atomic E-state index is -0.371. The third-order valence-electron chi connectivity index (χ3n) is 4.42. The number of aromatic amines is 1. The van der Waals surface area contributed by atoms with Gasteiger partial charge >= 0.3 is 0 Å². The number of nitrogens with zero attached hydrogens (tertiary/aromatic N) is 1. The summed E-state index contributed by atoms with van der Waals surface area (Å²) in [7, 11) is 0. The molecule has 0 saturated carbocycles. The van der Waals surface area contributed by atoms with Crippen molar-refractivity contribution in [3.8, 4) is 11.3 Å². The van der Waals surface area contributed by atoms with Crippen LogP contribution in [-0.2, 0) is 13.0 Å². The molecule has 23 heavy (non-hydrogen) atoms. The minimum Gasteiger partial charge on any atom is -0.391 e. The molecule has 0 bridgehead atoms. The number of aliphatic hydroxyl groups is 1. The number of H-pyrrole nitrogens is 1. The topological polar surface area (TPSA) is 60.9 Å². The van der Waals surface area contributed by atoms with Gasteiger partial charge in [0.25, 0.3) is 0 Å². The molecule has 3 aromatic rings. The first-order chi connectivity index (χ1) is 11.3. The van der Waals surface area contributed by atoms with Crippen molar-refractivity contribution < 1.29 is 5.11 Å². The van der Waals surface area contributed by atoms with E-state index >= 15 is 0 Å². The van der Waals surface area contributed by atoms with Crippen LogP contribution in [-0.4, -0.2) is 21.4 Å². The highest BCUT2D eigenvalue weighted by Crippen LogP contribution is 2.31. The summed E-state index contributed by atoms with van der Waals surface area (Å²) in [4.78, 5) is 0. The average molecular weight is 305 g/mol. The van der Waals surface area contributed by atoms with E-state index in [9.17, 15) is 5.11 Å². The van der Waals surface area contributed by atoms with Crippen LogP contribution in [0, 0.1) is 0 Å². The Balaban J connectivity index is 1.47. The molecule has 0 spiro atoms. The van der Waals surface area contributed by atoms with Crippen molar-refractivity contribution in [2.45, 2.75) is 25.1 Å². The SMILES string of the molecule is O[C@H]1Cc2ccccc2[C@H]1NCc1cc(-c2ccccc2)n[nH]1. The third-order valence-corrected chi connectivity index (χ3v) is 4.42. The van der Waals surface area contributed by atoms with Crippen LogP contribution in [0.4, 0.5) is 0 Å². The number of aliphatic hydroxyl groups excluding tert-OH is 1. The van der Waals surface area contributed by atoms with Crippen molar-refractivity contribution in [2.75, 3.05) is 0 Å². The van der Waals surface area contributed by atoms with Gasteiger partial charge in [0.2, 0.25) is 0 Å². The molecule has 0 fully saturated rings. The normalized spacial score (nSPS) is 19.7. The van der Waals surface area contributed by atoms with E-state index in [0.717, 1.165) is 17.0 Å². The van der Waals surface area contributed by atoms with Crippen LogP contribution < -0.4 is 5.32 Å². The standard InChI is InChI=1S/C19H19N3O/c23-18-10-14-8-4-5-9-16(14)19(18)20-12-15-11-17(22-21-15)13-6-2-1-3-7-13/h1-9,11,18-20,23H,10,12H2,(H,21,22)/t18-,19+/m0/s1. The van der Waals surface area contributed by atoms with Crippen molar-refractivity contribution in [1.29, 1.82) is 0 Å². The van der Waals surface area contributed by atoms with Crippen LogP contribution >= 0.6 is 0 Å². The van der Waals surface area contributed by atoms with E-state index in [0.29, 0.717) is 13.0 Å². The second-order valence-corrected chi connectivity index (χ2v) is 5.97.